The van der Waals surface area contributed by atoms with Crippen LogP contribution in [-0.4, -0.2) is 4.98 Å². The summed E-state index contributed by atoms with van der Waals surface area (Å²) in [6.45, 7) is 2.19. The SMILES string of the molecule is CCCCCc1ccc[nH]c1=N.[Fe]. The number of aryl methyl sites for hydroxylation is 1. The molecule has 0 saturated heterocycles. The Balaban J connectivity index is 0.00000144. The van der Waals surface area contributed by atoms with Gasteiger partial charge in [0, 0.05) is 23.3 Å². The quantitative estimate of drug-likeness (QED) is 0.577. The third-order valence-electron chi connectivity index (χ3n) is 1.99. The van der Waals surface area contributed by atoms with Crippen LogP contribution >= 0.6 is 0 Å². The number of hydrogen-bond acceptors (Lipinski definition) is 1. The molecular formula is C10H16FeN2. The minimum Gasteiger partial charge on any atom is -0.347 e. The van der Waals surface area contributed by atoms with E-state index in [0.29, 0.717) is 5.49 Å². The Morgan fingerprint density at radius 1 is 1.38 bits per heavy atom. The Morgan fingerprint density at radius 3 is 2.77 bits per heavy atom. The zero-order chi connectivity index (χ0) is 8.81. The second kappa shape index (κ2) is 6.93. The first-order chi connectivity index (χ1) is 5.84. The summed E-state index contributed by atoms with van der Waals surface area (Å²) in [6, 6.07) is 3.98. The van der Waals surface area contributed by atoms with Crippen molar-refractivity contribution in [2.24, 2.45) is 0 Å². The second-order valence-electron chi connectivity index (χ2n) is 3.03. The molecule has 0 aliphatic heterocycles. The third kappa shape index (κ3) is 4.30. The Labute approximate surface area is 89.8 Å². The van der Waals surface area contributed by atoms with Gasteiger partial charge in [-0.25, -0.2) is 0 Å². The standard InChI is InChI=1S/C10H16N2.Fe/c1-2-3-4-6-9-7-5-8-12-10(9)11;/h5,7-8H,2-4,6H2,1H3,(H2,11,12);. The molecule has 0 fully saturated rings. The van der Waals surface area contributed by atoms with Crippen LogP contribution < -0.4 is 5.49 Å². The number of rotatable bonds is 4. The summed E-state index contributed by atoms with van der Waals surface area (Å²) < 4.78 is 0. The number of aromatic amines is 1. The molecule has 74 valence electrons. The summed E-state index contributed by atoms with van der Waals surface area (Å²) >= 11 is 0. The van der Waals surface area contributed by atoms with Crippen LogP contribution in [0.15, 0.2) is 18.3 Å². The average molecular weight is 220 g/mol. The van der Waals surface area contributed by atoms with E-state index >= 15 is 0 Å². The molecule has 1 rings (SSSR count). The van der Waals surface area contributed by atoms with Gasteiger partial charge in [-0.15, -0.1) is 0 Å². The van der Waals surface area contributed by atoms with Crippen molar-refractivity contribution in [3.05, 3.63) is 29.4 Å². The largest absolute Gasteiger partial charge is 0.347 e. The van der Waals surface area contributed by atoms with Crippen LogP contribution in [0.25, 0.3) is 0 Å². The Bertz CT molecular complexity index is 280. The number of pyridine rings is 1. The van der Waals surface area contributed by atoms with Gasteiger partial charge >= 0.3 is 0 Å². The summed E-state index contributed by atoms with van der Waals surface area (Å²) in [6.07, 6.45) is 6.52. The molecule has 0 atom stereocenters. The monoisotopic (exact) mass is 220 g/mol. The molecule has 0 spiro atoms. The first-order valence-electron chi connectivity index (χ1n) is 4.55. The van der Waals surface area contributed by atoms with Gasteiger partial charge in [0.2, 0.25) is 0 Å². The van der Waals surface area contributed by atoms with Crippen LogP contribution in [0, 0.1) is 5.41 Å². The summed E-state index contributed by atoms with van der Waals surface area (Å²) in [7, 11) is 0. The van der Waals surface area contributed by atoms with E-state index < -0.39 is 0 Å². The molecule has 2 N–H and O–H groups in total. The minimum absolute atomic E-state index is 0. The molecular weight excluding hydrogens is 204 g/mol. The van der Waals surface area contributed by atoms with Crippen LogP contribution in [0.2, 0.25) is 0 Å². The van der Waals surface area contributed by atoms with Gasteiger partial charge in [-0.3, -0.25) is 5.41 Å². The average Bonchev–Trinajstić information content (AvgIpc) is 2.09. The predicted molar refractivity (Wildman–Crippen MR) is 49.9 cm³/mol. The van der Waals surface area contributed by atoms with Gasteiger partial charge in [0.05, 0.1) is 0 Å². The van der Waals surface area contributed by atoms with Crippen molar-refractivity contribution in [1.82, 2.24) is 4.98 Å². The van der Waals surface area contributed by atoms with Gasteiger partial charge in [0.25, 0.3) is 0 Å². The molecule has 0 aliphatic carbocycles. The molecule has 0 saturated carbocycles. The molecule has 13 heavy (non-hydrogen) atoms. The predicted octanol–water partition coefficient (Wildman–Crippen LogP) is 2.22. The normalized spacial score (nSPS) is 9.31. The minimum atomic E-state index is 0. The van der Waals surface area contributed by atoms with Crippen LogP contribution in [0.4, 0.5) is 0 Å². The first kappa shape index (κ1) is 12.5. The topological polar surface area (TPSA) is 39.6 Å². The Morgan fingerprint density at radius 2 is 2.15 bits per heavy atom. The van der Waals surface area contributed by atoms with Crippen LogP contribution in [0.1, 0.15) is 31.7 Å². The zero-order valence-electron chi connectivity index (χ0n) is 7.91. The van der Waals surface area contributed by atoms with Gasteiger partial charge in [-0.05, 0) is 24.5 Å². The van der Waals surface area contributed by atoms with Gasteiger partial charge in [0.1, 0.15) is 5.49 Å². The molecule has 0 amide bonds. The maximum atomic E-state index is 7.55. The van der Waals surface area contributed by atoms with E-state index in [9.17, 15) is 0 Å². The van der Waals surface area contributed by atoms with E-state index in [-0.39, 0.29) is 17.1 Å². The van der Waals surface area contributed by atoms with E-state index in [0.717, 1.165) is 12.0 Å². The van der Waals surface area contributed by atoms with E-state index in [1.54, 1.807) is 6.20 Å². The van der Waals surface area contributed by atoms with Crippen molar-refractivity contribution < 1.29 is 17.1 Å². The molecule has 0 aromatic carbocycles. The first-order valence-corrected chi connectivity index (χ1v) is 4.55. The molecule has 0 aliphatic rings. The molecule has 0 unspecified atom stereocenters. The fourth-order valence-electron chi connectivity index (χ4n) is 1.25. The summed E-state index contributed by atoms with van der Waals surface area (Å²) in [4.78, 5) is 2.89. The Hall–Kier alpha value is -0.531. The molecule has 0 bridgehead atoms. The summed E-state index contributed by atoms with van der Waals surface area (Å²) in [5.41, 5.74) is 1.69. The van der Waals surface area contributed by atoms with E-state index in [1.807, 2.05) is 12.1 Å². The van der Waals surface area contributed by atoms with E-state index in [4.69, 9.17) is 5.41 Å². The van der Waals surface area contributed by atoms with E-state index in [2.05, 4.69) is 11.9 Å². The third-order valence-corrected chi connectivity index (χ3v) is 1.99. The number of H-pyrrole nitrogens is 1. The second-order valence-corrected chi connectivity index (χ2v) is 3.03. The smallest absolute Gasteiger partial charge is 0.125 e. The van der Waals surface area contributed by atoms with Crippen molar-refractivity contribution in [3.8, 4) is 0 Å². The van der Waals surface area contributed by atoms with Crippen molar-refractivity contribution >= 4 is 0 Å². The number of nitrogens with one attached hydrogen (secondary N) is 2. The molecule has 1 aromatic rings. The van der Waals surface area contributed by atoms with Crippen molar-refractivity contribution in [2.75, 3.05) is 0 Å². The number of hydrogen-bond donors (Lipinski definition) is 2. The van der Waals surface area contributed by atoms with Crippen molar-refractivity contribution in [3.63, 3.8) is 0 Å². The molecule has 2 nitrogen and oxygen atoms in total. The van der Waals surface area contributed by atoms with Gasteiger partial charge in [-0.2, -0.15) is 0 Å². The maximum Gasteiger partial charge on any atom is 0.125 e. The summed E-state index contributed by atoms with van der Waals surface area (Å²) in [5.74, 6) is 0. The van der Waals surface area contributed by atoms with Gasteiger partial charge < -0.3 is 4.98 Å². The molecule has 0 radical (unpaired) electrons. The number of aromatic nitrogens is 1. The molecule has 1 heterocycles. The van der Waals surface area contributed by atoms with Gasteiger partial charge in [0.15, 0.2) is 0 Å². The maximum absolute atomic E-state index is 7.55. The Kier molecular flexibility index (Phi) is 6.65. The molecule has 3 heteroatoms. The van der Waals surface area contributed by atoms with Crippen LogP contribution in [0.3, 0.4) is 0 Å². The van der Waals surface area contributed by atoms with Gasteiger partial charge in [-0.1, -0.05) is 25.8 Å². The molecule has 1 aromatic heterocycles. The van der Waals surface area contributed by atoms with Crippen LogP contribution in [-0.2, 0) is 23.5 Å². The van der Waals surface area contributed by atoms with Crippen LogP contribution in [0.5, 0.6) is 0 Å². The fraction of sp³-hybridized carbons (Fsp3) is 0.500. The fourth-order valence-corrected chi connectivity index (χ4v) is 1.25. The summed E-state index contributed by atoms with van der Waals surface area (Å²) in [5, 5.41) is 7.55. The van der Waals surface area contributed by atoms with Crippen molar-refractivity contribution in [2.45, 2.75) is 32.6 Å². The zero-order valence-corrected chi connectivity index (χ0v) is 9.02. The van der Waals surface area contributed by atoms with Crippen molar-refractivity contribution in [1.29, 1.82) is 5.41 Å². The van der Waals surface area contributed by atoms with E-state index in [1.165, 1.54) is 19.3 Å². The number of unbranched alkanes of at least 4 members (excludes halogenated alkanes) is 2.